The van der Waals surface area contributed by atoms with Gasteiger partial charge < -0.3 is 10.1 Å². The van der Waals surface area contributed by atoms with E-state index in [0.717, 1.165) is 56.4 Å². The van der Waals surface area contributed by atoms with Crippen LogP contribution in [0, 0.1) is 13.8 Å². The Kier molecular flexibility index (Phi) is 5.96. The van der Waals surface area contributed by atoms with Crippen LogP contribution in [0.3, 0.4) is 0 Å². The van der Waals surface area contributed by atoms with Crippen molar-refractivity contribution >= 4 is 5.91 Å². The number of likely N-dealkylation sites (tertiary alicyclic amines) is 1. The van der Waals surface area contributed by atoms with Crippen molar-refractivity contribution in [3.05, 3.63) is 41.3 Å². The van der Waals surface area contributed by atoms with Crippen molar-refractivity contribution in [2.45, 2.75) is 51.5 Å². The third kappa shape index (κ3) is 4.36. The average molecular weight is 398 g/mol. The molecule has 0 unspecified atom stereocenters. The summed E-state index contributed by atoms with van der Waals surface area (Å²) in [6.45, 7) is 8.39. The Balaban J connectivity index is 1.43. The van der Waals surface area contributed by atoms with Crippen LogP contribution in [0.2, 0.25) is 0 Å². The molecule has 2 aliphatic heterocycles. The molecule has 0 aromatic carbocycles. The second-order valence-corrected chi connectivity index (χ2v) is 8.31. The van der Waals surface area contributed by atoms with E-state index in [9.17, 15) is 4.79 Å². The predicted octanol–water partition coefficient (Wildman–Crippen LogP) is 2.65. The monoisotopic (exact) mass is 397 g/mol. The molecule has 2 aliphatic rings. The van der Waals surface area contributed by atoms with Crippen LogP contribution in [0.4, 0.5) is 0 Å². The van der Waals surface area contributed by atoms with Crippen LogP contribution in [0.25, 0.3) is 5.82 Å². The minimum absolute atomic E-state index is 0.0192. The van der Waals surface area contributed by atoms with E-state index in [4.69, 9.17) is 4.74 Å². The Morgan fingerprint density at radius 3 is 2.55 bits per heavy atom. The van der Waals surface area contributed by atoms with Gasteiger partial charge in [-0.3, -0.25) is 9.69 Å². The number of aryl methyl sites for hydroxylation is 2. The Morgan fingerprint density at radius 1 is 1.17 bits per heavy atom. The maximum Gasteiger partial charge on any atom is 0.252 e. The normalized spacial score (nSPS) is 19.8. The summed E-state index contributed by atoms with van der Waals surface area (Å²) in [6.07, 6.45) is 7.38. The van der Waals surface area contributed by atoms with E-state index in [1.54, 1.807) is 10.9 Å². The van der Waals surface area contributed by atoms with Gasteiger partial charge in [0.2, 0.25) is 0 Å². The molecule has 0 atom stereocenters. The number of carbonyl (C=O) groups is 1. The Labute approximate surface area is 172 Å². The van der Waals surface area contributed by atoms with E-state index in [1.807, 2.05) is 32.0 Å². The van der Waals surface area contributed by atoms with Crippen molar-refractivity contribution < 1.29 is 9.53 Å². The lowest BCUT2D eigenvalue weighted by atomic mass is 9.86. The van der Waals surface area contributed by atoms with Crippen LogP contribution in [0.1, 0.15) is 53.8 Å². The molecule has 0 saturated carbocycles. The maximum absolute atomic E-state index is 12.8. The van der Waals surface area contributed by atoms with E-state index in [0.29, 0.717) is 12.1 Å². The second kappa shape index (κ2) is 8.63. The smallest absolute Gasteiger partial charge is 0.252 e. The van der Waals surface area contributed by atoms with Crippen LogP contribution in [-0.2, 0) is 4.74 Å². The minimum Gasteiger partial charge on any atom is -0.381 e. The van der Waals surface area contributed by atoms with E-state index >= 15 is 0 Å². The summed E-state index contributed by atoms with van der Waals surface area (Å²) >= 11 is 0. The zero-order valence-electron chi connectivity index (χ0n) is 17.5. The largest absolute Gasteiger partial charge is 0.381 e. The van der Waals surface area contributed by atoms with Crippen molar-refractivity contribution in [2.24, 2.45) is 0 Å². The molecule has 2 aromatic heterocycles. The van der Waals surface area contributed by atoms with Gasteiger partial charge in [-0.15, -0.1) is 0 Å². The van der Waals surface area contributed by atoms with Crippen molar-refractivity contribution in [3.8, 4) is 5.82 Å². The summed E-state index contributed by atoms with van der Waals surface area (Å²) in [5.41, 5.74) is 2.57. The molecule has 4 heterocycles. The summed E-state index contributed by atoms with van der Waals surface area (Å²) in [7, 11) is 0. The van der Waals surface area contributed by atoms with E-state index in [1.165, 1.54) is 19.3 Å². The first-order valence-corrected chi connectivity index (χ1v) is 10.7. The second-order valence-electron chi connectivity index (χ2n) is 8.31. The average Bonchev–Trinajstić information content (AvgIpc) is 3.11. The number of nitrogens with zero attached hydrogens (tertiary/aromatic N) is 4. The van der Waals surface area contributed by atoms with Gasteiger partial charge in [0.15, 0.2) is 5.82 Å². The first kappa shape index (κ1) is 20.0. The molecule has 0 radical (unpaired) electrons. The minimum atomic E-state index is -0.0692. The SMILES string of the molecule is Cc1cc(C)n(-c2ccc(C(=O)NCC3(N4CCCCC4)CCOCC3)cn2)n1. The van der Waals surface area contributed by atoms with E-state index in [2.05, 4.69) is 20.3 Å². The van der Waals surface area contributed by atoms with Crippen LogP contribution < -0.4 is 5.32 Å². The lowest BCUT2D eigenvalue weighted by molar-refractivity contribution is -0.0349. The van der Waals surface area contributed by atoms with Gasteiger partial charge >= 0.3 is 0 Å². The summed E-state index contributed by atoms with van der Waals surface area (Å²) < 4.78 is 7.41. The number of nitrogens with one attached hydrogen (secondary N) is 1. The maximum atomic E-state index is 12.8. The zero-order chi connectivity index (χ0) is 20.3. The Hall–Kier alpha value is -2.25. The van der Waals surface area contributed by atoms with Gasteiger partial charge in [-0.1, -0.05) is 6.42 Å². The number of hydrogen-bond acceptors (Lipinski definition) is 5. The fourth-order valence-corrected chi connectivity index (χ4v) is 4.58. The Morgan fingerprint density at radius 2 is 1.93 bits per heavy atom. The molecule has 156 valence electrons. The quantitative estimate of drug-likeness (QED) is 0.840. The number of pyridine rings is 1. The van der Waals surface area contributed by atoms with Gasteiger partial charge in [0.05, 0.1) is 11.3 Å². The molecule has 1 amide bonds. The number of carbonyl (C=O) groups excluding carboxylic acids is 1. The molecule has 2 fully saturated rings. The molecule has 2 aromatic rings. The fraction of sp³-hybridized carbons (Fsp3) is 0.591. The lowest BCUT2D eigenvalue weighted by Crippen LogP contribution is -2.59. The molecule has 7 heteroatoms. The molecule has 7 nitrogen and oxygen atoms in total. The van der Waals surface area contributed by atoms with Gasteiger partial charge in [0.25, 0.3) is 5.91 Å². The van der Waals surface area contributed by atoms with Gasteiger partial charge in [-0.25, -0.2) is 9.67 Å². The number of piperidine rings is 1. The van der Waals surface area contributed by atoms with Gasteiger partial charge in [-0.2, -0.15) is 5.10 Å². The molecule has 1 N–H and O–H groups in total. The molecular formula is C22H31N5O2. The highest BCUT2D eigenvalue weighted by atomic mass is 16.5. The first-order chi connectivity index (χ1) is 14.1. The van der Waals surface area contributed by atoms with E-state index < -0.39 is 0 Å². The standard InChI is InChI=1S/C22H31N5O2/c1-17-14-18(2)27(25-17)20-7-6-19(15-23-20)21(28)24-16-22(8-12-29-13-9-22)26-10-4-3-5-11-26/h6-7,14-15H,3-5,8-13,16H2,1-2H3,(H,24,28). The highest BCUT2D eigenvalue weighted by molar-refractivity contribution is 5.94. The van der Waals surface area contributed by atoms with Crippen LogP contribution >= 0.6 is 0 Å². The fourth-order valence-electron chi connectivity index (χ4n) is 4.58. The first-order valence-electron chi connectivity index (χ1n) is 10.7. The molecule has 0 bridgehead atoms. The number of aromatic nitrogens is 3. The van der Waals surface area contributed by atoms with Gasteiger partial charge in [-0.05, 0) is 70.8 Å². The number of rotatable bonds is 5. The van der Waals surface area contributed by atoms with Crippen molar-refractivity contribution in [2.75, 3.05) is 32.8 Å². The van der Waals surface area contributed by atoms with Crippen LogP contribution in [-0.4, -0.2) is 64.0 Å². The van der Waals surface area contributed by atoms with Gasteiger partial charge in [0, 0.05) is 37.2 Å². The topological polar surface area (TPSA) is 72.3 Å². The van der Waals surface area contributed by atoms with Gasteiger partial charge in [0.1, 0.15) is 0 Å². The summed E-state index contributed by atoms with van der Waals surface area (Å²) in [4.78, 5) is 19.8. The highest BCUT2D eigenvalue weighted by Gasteiger charge is 2.39. The van der Waals surface area contributed by atoms with Crippen LogP contribution in [0.5, 0.6) is 0 Å². The highest BCUT2D eigenvalue weighted by Crippen LogP contribution is 2.30. The molecule has 2 saturated heterocycles. The summed E-state index contributed by atoms with van der Waals surface area (Å²) in [5.74, 6) is 0.654. The number of amides is 1. The van der Waals surface area contributed by atoms with Crippen molar-refractivity contribution in [1.29, 1.82) is 0 Å². The predicted molar refractivity (Wildman–Crippen MR) is 111 cm³/mol. The van der Waals surface area contributed by atoms with Crippen molar-refractivity contribution in [3.63, 3.8) is 0 Å². The summed E-state index contributed by atoms with van der Waals surface area (Å²) in [6, 6.07) is 5.69. The third-order valence-electron chi connectivity index (χ3n) is 6.27. The van der Waals surface area contributed by atoms with Crippen LogP contribution in [0.15, 0.2) is 24.4 Å². The van der Waals surface area contributed by atoms with Crippen molar-refractivity contribution in [1.82, 2.24) is 25.0 Å². The molecule has 0 aliphatic carbocycles. The van der Waals surface area contributed by atoms with E-state index in [-0.39, 0.29) is 11.4 Å². The molecule has 4 rings (SSSR count). The third-order valence-corrected chi connectivity index (χ3v) is 6.27. The zero-order valence-corrected chi connectivity index (χ0v) is 17.5. The molecular weight excluding hydrogens is 366 g/mol. The molecule has 29 heavy (non-hydrogen) atoms. The number of hydrogen-bond donors (Lipinski definition) is 1. The Bertz CT molecular complexity index is 833. The number of ether oxygens (including phenoxy) is 1. The molecule has 0 spiro atoms. The lowest BCUT2D eigenvalue weighted by Gasteiger charge is -2.48. The summed E-state index contributed by atoms with van der Waals surface area (Å²) in [5, 5.41) is 7.63.